The maximum Gasteiger partial charge on any atom is 0.294 e. The molecule has 0 aliphatic carbocycles. The van der Waals surface area contributed by atoms with Crippen LogP contribution in [0.15, 0.2) is 67.3 Å². The van der Waals surface area contributed by atoms with Crippen molar-refractivity contribution in [2.75, 3.05) is 0 Å². The fraction of sp³-hybridized carbons (Fsp3) is 0.111. The highest BCUT2D eigenvalue weighted by Gasteiger charge is 2.19. The van der Waals surface area contributed by atoms with Crippen LogP contribution in [-0.4, -0.2) is 20.4 Å². The van der Waals surface area contributed by atoms with Gasteiger partial charge in [-0.2, -0.15) is 0 Å². The second-order valence-corrected chi connectivity index (χ2v) is 5.54. The van der Waals surface area contributed by atoms with E-state index in [0.29, 0.717) is 5.69 Å². The maximum absolute atomic E-state index is 12.4. The Balaban J connectivity index is 1.86. The van der Waals surface area contributed by atoms with Gasteiger partial charge in [-0.25, -0.2) is 4.98 Å². The molecule has 2 aromatic carbocycles. The Morgan fingerprint density at radius 3 is 2.64 bits per heavy atom. The molecule has 25 heavy (non-hydrogen) atoms. The van der Waals surface area contributed by atoms with Crippen LogP contribution >= 0.6 is 0 Å². The topological polar surface area (TPSA) is 90.1 Å². The summed E-state index contributed by atoms with van der Waals surface area (Å²) in [6.45, 7) is 1.86. The molecule has 126 valence electrons. The first-order valence-corrected chi connectivity index (χ1v) is 7.69. The number of carbonyl (C=O) groups excluding carboxylic acids is 1. The lowest BCUT2D eigenvalue weighted by Crippen LogP contribution is -2.26. The summed E-state index contributed by atoms with van der Waals surface area (Å²) < 4.78 is 1.53. The third-order valence-electron chi connectivity index (χ3n) is 3.86. The number of nitro benzene ring substituents is 1. The van der Waals surface area contributed by atoms with E-state index in [4.69, 9.17) is 0 Å². The lowest BCUT2D eigenvalue weighted by atomic mass is 10.1. The Hall–Kier alpha value is -3.48. The van der Waals surface area contributed by atoms with Crippen molar-refractivity contribution in [1.82, 2.24) is 14.9 Å². The molecule has 0 fully saturated rings. The molecule has 7 nitrogen and oxygen atoms in total. The molecular formula is C18H16N4O3. The van der Waals surface area contributed by atoms with Crippen LogP contribution in [0.3, 0.4) is 0 Å². The van der Waals surface area contributed by atoms with Crippen LogP contribution in [0.4, 0.5) is 5.69 Å². The molecule has 0 saturated carbocycles. The normalized spacial score (nSPS) is 11.7. The third kappa shape index (κ3) is 3.55. The SMILES string of the molecule is CC(NC(=O)c1ccc(-n2ccnc2)c([N+](=O)[O-])c1)c1ccccc1. The Labute approximate surface area is 144 Å². The Kier molecular flexibility index (Phi) is 4.56. The van der Waals surface area contributed by atoms with Crippen molar-refractivity contribution >= 4 is 11.6 Å². The van der Waals surface area contributed by atoms with Crippen LogP contribution in [0, 0.1) is 10.1 Å². The van der Waals surface area contributed by atoms with E-state index in [-0.39, 0.29) is 23.2 Å². The van der Waals surface area contributed by atoms with Gasteiger partial charge < -0.3 is 9.88 Å². The molecule has 0 bridgehead atoms. The first-order valence-electron chi connectivity index (χ1n) is 7.69. The molecule has 1 atom stereocenters. The molecule has 1 amide bonds. The number of nitrogens with one attached hydrogen (secondary N) is 1. The summed E-state index contributed by atoms with van der Waals surface area (Å²) in [5, 5.41) is 14.2. The van der Waals surface area contributed by atoms with Gasteiger partial charge in [-0.1, -0.05) is 30.3 Å². The Bertz CT molecular complexity index is 892. The molecule has 1 heterocycles. The minimum absolute atomic E-state index is 0.155. The highest BCUT2D eigenvalue weighted by Crippen LogP contribution is 2.24. The number of amides is 1. The molecule has 0 spiro atoms. The third-order valence-corrected chi connectivity index (χ3v) is 3.86. The number of nitro groups is 1. The molecule has 3 rings (SSSR count). The summed E-state index contributed by atoms with van der Waals surface area (Å²) in [6, 6.07) is 13.7. The van der Waals surface area contributed by atoms with Crippen molar-refractivity contribution in [2.24, 2.45) is 0 Å². The van der Waals surface area contributed by atoms with E-state index in [2.05, 4.69) is 10.3 Å². The average Bonchev–Trinajstić information content (AvgIpc) is 3.16. The van der Waals surface area contributed by atoms with Gasteiger partial charge in [0.15, 0.2) is 0 Å². The fourth-order valence-corrected chi connectivity index (χ4v) is 2.54. The number of benzene rings is 2. The Morgan fingerprint density at radius 2 is 2.00 bits per heavy atom. The molecular weight excluding hydrogens is 320 g/mol. The van der Waals surface area contributed by atoms with Crippen molar-refractivity contribution in [3.05, 3.63) is 88.5 Å². The summed E-state index contributed by atoms with van der Waals surface area (Å²) in [4.78, 5) is 27.2. The first kappa shape index (κ1) is 16.4. The fourth-order valence-electron chi connectivity index (χ4n) is 2.54. The summed E-state index contributed by atoms with van der Waals surface area (Å²) in [5.41, 5.74) is 1.40. The number of rotatable bonds is 5. The summed E-state index contributed by atoms with van der Waals surface area (Å²) in [7, 11) is 0. The van der Waals surface area contributed by atoms with Gasteiger partial charge in [-0.3, -0.25) is 14.9 Å². The highest BCUT2D eigenvalue weighted by atomic mass is 16.6. The van der Waals surface area contributed by atoms with Gasteiger partial charge >= 0.3 is 0 Å². The smallest absolute Gasteiger partial charge is 0.294 e. The van der Waals surface area contributed by atoms with Gasteiger partial charge in [0.2, 0.25) is 0 Å². The molecule has 0 aliphatic rings. The van der Waals surface area contributed by atoms with E-state index >= 15 is 0 Å². The monoisotopic (exact) mass is 336 g/mol. The molecule has 0 radical (unpaired) electrons. The molecule has 1 N–H and O–H groups in total. The minimum Gasteiger partial charge on any atom is -0.346 e. The Morgan fingerprint density at radius 1 is 1.24 bits per heavy atom. The van der Waals surface area contributed by atoms with Crippen LogP contribution in [0.1, 0.15) is 28.9 Å². The van der Waals surface area contributed by atoms with Crippen molar-refractivity contribution in [2.45, 2.75) is 13.0 Å². The van der Waals surface area contributed by atoms with Crippen molar-refractivity contribution in [1.29, 1.82) is 0 Å². The molecule has 1 unspecified atom stereocenters. The second kappa shape index (κ2) is 6.96. The number of carbonyl (C=O) groups is 1. The molecule has 7 heteroatoms. The van der Waals surface area contributed by atoms with E-state index in [1.165, 1.54) is 23.2 Å². The van der Waals surface area contributed by atoms with Gasteiger partial charge in [-0.05, 0) is 24.6 Å². The number of hydrogen-bond acceptors (Lipinski definition) is 4. The van der Waals surface area contributed by atoms with Gasteiger partial charge in [0.05, 0.1) is 17.3 Å². The lowest BCUT2D eigenvalue weighted by Gasteiger charge is -2.14. The minimum atomic E-state index is -0.507. The van der Waals surface area contributed by atoms with Crippen molar-refractivity contribution in [3.63, 3.8) is 0 Å². The van der Waals surface area contributed by atoms with Crippen LogP contribution < -0.4 is 5.32 Å². The molecule has 3 aromatic rings. The standard InChI is InChI=1S/C18H16N4O3/c1-13(14-5-3-2-4-6-14)20-18(23)15-7-8-16(17(11-15)22(24)25)21-10-9-19-12-21/h2-13H,1H3,(H,20,23). The largest absolute Gasteiger partial charge is 0.346 e. The van der Waals surface area contributed by atoms with Gasteiger partial charge in [0.1, 0.15) is 5.69 Å². The van der Waals surface area contributed by atoms with E-state index in [9.17, 15) is 14.9 Å². The molecule has 0 saturated heterocycles. The van der Waals surface area contributed by atoms with Gasteiger partial charge in [0, 0.05) is 24.0 Å². The van der Waals surface area contributed by atoms with E-state index < -0.39 is 4.92 Å². The first-order chi connectivity index (χ1) is 12.1. The zero-order valence-corrected chi connectivity index (χ0v) is 13.5. The van der Waals surface area contributed by atoms with E-state index in [0.717, 1.165) is 5.56 Å². The van der Waals surface area contributed by atoms with Crippen LogP contribution in [0.2, 0.25) is 0 Å². The van der Waals surface area contributed by atoms with Crippen LogP contribution in [0.25, 0.3) is 5.69 Å². The summed E-state index contributed by atoms with van der Waals surface area (Å²) in [5.74, 6) is -0.364. The highest BCUT2D eigenvalue weighted by molar-refractivity contribution is 5.95. The predicted molar refractivity (Wildman–Crippen MR) is 92.5 cm³/mol. The molecule has 0 aliphatic heterocycles. The zero-order chi connectivity index (χ0) is 17.8. The van der Waals surface area contributed by atoms with Crippen LogP contribution in [0.5, 0.6) is 0 Å². The number of imidazole rings is 1. The average molecular weight is 336 g/mol. The summed E-state index contributed by atoms with van der Waals surface area (Å²) in [6.07, 6.45) is 4.62. The van der Waals surface area contributed by atoms with Crippen molar-refractivity contribution < 1.29 is 9.72 Å². The van der Waals surface area contributed by atoms with Crippen molar-refractivity contribution in [3.8, 4) is 5.69 Å². The number of hydrogen-bond donors (Lipinski definition) is 1. The predicted octanol–water partition coefficient (Wildman–Crippen LogP) is 3.27. The lowest BCUT2D eigenvalue weighted by molar-refractivity contribution is -0.384. The van der Waals surface area contributed by atoms with Gasteiger partial charge in [0.25, 0.3) is 11.6 Å². The number of nitrogens with zero attached hydrogens (tertiary/aromatic N) is 3. The second-order valence-electron chi connectivity index (χ2n) is 5.54. The summed E-state index contributed by atoms with van der Waals surface area (Å²) >= 11 is 0. The van der Waals surface area contributed by atoms with Crippen LogP contribution in [-0.2, 0) is 0 Å². The van der Waals surface area contributed by atoms with Gasteiger partial charge in [-0.15, -0.1) is 0 Å². The van der Waals surface area contributed by atoms with E-state index in [1.54, 1.807) is 18.3 Å². The van der Waals surface area contributed by atoms with E-state index in [1.807, 2.05) is 37.3 Å². The number of aromatic nitrogens is 2. The maximum atomic E-state index is 12.4. The zero-order valence-electron chi connectivity index (χ0n) is 13.5. The quantitative estimate of drug-likeness (QED) is 0.572. The molecule has 1 aromatic heterocycles.